The lowest BCUT2D eigenvalue weighted by atomic mass is 10.2. The molecule has 3 aromatic heterocycles. The van der Waals surface area contributed by atoms with Gasteiger partial charge in [-0.15, -0.1) is 0 Å². The van der Waals surface area contributed by atoms with Gasteiger partial charge in [-0.3, -0.25) is 4.79 Å². The molecule has 0 bridgehead atoms. The van der Waals surface area contributed by atoms with E-state index in [4.69, 9.17) is 4.98 Å². The third kappa shape index (κ3) is 3.81. The molecule has 1 N–H and O–H groups in total. The molecule has 1 saturated carbocycles. The fourth-order valence-corrected chi connectivity index (χ4v) is 3.98. The molecule has 3 heterocycles. The van der Waals surface area contributed by atoms with Gasteiger partial charge in [0.05, 0.1) is 11.9 Å². The molecule has 1 aliphatic rings. The molecule has 0 spiro atoms. The second kappa shape index (κ2) is 8.30. The van der Waals surface area contributed by atoms with E-state index in [9.17, 15) is 4.79 Å². The zero-order valence-electron chi connectivity index (χ0n) is 18.1. The number of nitrogens with one attached hydrogen (secondary N) is 1. The van der Waals surface area contributed by atoms with Crippen molar-refractivity contribution in [3.8, 4) is 0 Å². The van der Waals surface area contributed by atoms with Crippen LogP contribution in [0, 0.1) is 0 Å². The Morgan fingerprint density at radius 2 is 1.93 bits per heavy atom. The number of anilines is 3. The summed E-state index contributed by atoms with van der Waals surface area (Å²) in [7, 11) is 5.59. The highest BCUT2D eigenvalue weighted by Gasteiger charge is 2.26. The summed E-state index contributed by atoms with van der Waals surface area (Å²) in [5.41, 5.74) is 2.53. The van der Waals surface area contributed by atoms with Crippen molar-refractivity contribution in [1.82, 2.24) is 24.4 Å². The van der Waals surface area contributed by atoms with E-state index >= 15 is 0 Å². The number of carbonyl (C=O) groups excluding carboxylic acids is 1. The van der Waals surface area contributed by atoms with Crippen LogP contribution in [0.5, 0.6) is 0 Å². The maximum atomic E-state index is 12.8. The van der Waals surface area contributed by atoms with Crippen molar-refractivity contribution in [3.63, 3.8) is 0 Å². The van der Waals surface area contributed by atoms with Gasteiger partial charge >= 0.3 is 0 Å². The van der Waals surface area contributed by atoms with Crippen LogP contribution in [0.2, 0.25) is 0 Å². The van der Waals surface area contributed by atoms with E-state index < -0.39 is 0 Å². The number of carbonyl (C=O) groups is 1. The molecule has 30 heavy (non-hydrogen) atoms. The predicted molar refractivity (Wildman–Crippen MR) is 120 cm³/mol. The average molecular weight is 408 g/mol. The summed E-state index contributed by atoms with van der Waals surface area (Å²) in [4.78, 5) is 30.2. The van der Waals surface area contributed by atoms with Crippen molar-refractivity contribution in [2.24, 2.45) is 0 Å². The van der Waals surface area contributed by atoms with Crippen LogP contribution < -0.4 is 10.2 Å². The van der Waals surface area contributed by atoms with Crippen LogP contribution in [0.3, 0.4) is 0 Å². The van der Waals surface area contributed by atoms with Gasteiger partial charge in [-0.2, -0.15) is 4.98 Å². The summed E-state index contributed by atoms with van der Waals surface area (Å²) in [6, 6.07) is 6.15. The molecule has 0 unspecified atom stereocenters. The highest BCUT2D eigenvalue weighted by atomic mass is 16.2. The Kier molecular flexibility index (Phi) is 5.57. The summed E-state index contributed by atoms with van der Waals surface area (Å²) in [5, 5.41) is 4.08. The van der Waals surface area contributed by atoms with Crippen molar-refractivity contribution in [2.75, 3.05) is 37.9 Å². The van der Waals surface area contributed by atoms with Crippen molar-refractivity contribution in [2.45, 2.75) is 38.6 Å². The first-order valence-corrected chi connectivity index (χ1v) is 10.5. The smallest absolute Gasteiger partial charge is 0.270 e. The number of hydrogen-bond acceptors (Lipinski definition) is 6. The average Bonchev–Trinajstić information content (AvgIpc) is 3.40. The van der Waals surface area contributed by atoms with Crippen molar-refractivity contribution in [1.29, 1.82) is 0 Å². The molecule has 0 saturated heterocycles. The van der Waals surface area contributed by atoms with Crippen molar-refractivity contribution >= 4 is 34.4 Å². The number of pyridine rings is 1. The Balaban J connectivity index is 1.69. The first-order chi connectivity index (χ1) is 14.5. The van der Waals surface area contributed by atoms with Crippen LogP contribution in [0.15, 0.2) is 30.6 Å². The van der Waals surface area contributed by atoms with Gasteiger partial charge in [0.25, 0.3) is 5.91 Å². The summed E-state index contributed by atoms with van der Waals surface area (Å²) >= 11 is 0. The predicted octanol–water partition coefficient (Wildman–Crippen LogP) is 3.84. The van der Waals surface area contributed by atoms with Gasteiger partial charge in [-0.25, -0.2) is 9.97 Å². The molecule has 3 aromatic rings. The number of hydrogen-bond donors (Lipinski definition) is 1. The molecule has 0 aromatic carbocycles. The highest BCUT2D eigenvalue weighted by Crippen LogP contribution is 2.34. The van der Waals surface area contributed by atoms with E-state index in [1.165, 1.54) is 12.8 Å². The molecule has 1 amide bonds. The molecule has 158 valence electrons. The molecule has 4 rings (SSSR count). The molecule has 0 aliphatic heterocycles. The van der Waals surface area contributed by atoms with E-state index in [1.807, 2.05) is 31.4 Å². The number of fused-ring (bicyclic) bond motifs is 1. The van der Waals surface area contributed by atoms with Gasteiger partial charge in [-0.05, 0) is 38.0 Å². The summed E-state index contributed by atoms with van der Waals surface area (Å²) in [6.07, 6.45) is 8.11. The van der Waals surface area contributed by atoms with Crippen LogP contribution in [-0.4, -0.2) is 58.0 Å². The highest BCUT2D eigenvalue weighted by molar-refractivity contribution is 5.97. The van der Waals surface area contributed by atoms with Gasteiger partial charge in [0, 0.05) is 45.3 Å². The fraction of sp³-hybridized carbons (Fsp3) is 0.455. The largest absolute Gasteiger partial charge is 0.374 e. The Morgan fingerprint density at radius 3 is 2.57 bits per heavy atom. The number of amides is 1. The monoisotopic (exact) mass is 407 g/mol. The Bertz CT molecular complexity index is 1040. The minimum Gasteiger partial charge on any atom is -0.374 e. The zero-order chi connectivity index (χ0) is 21.3. The van der Waals surface area contributed by atoms with Crippen LogP contribution in [0.25, 0.3) is 11.0 Å². The molecule has 0 radical (unpaired) electrons. The van der Waals surface area contributed by atoms with E-state index in [1.54, 1.807) is 25.2 Å². The lowest BCUT2D eigenvalue weighted by Crippen LogP contribution is -2.25. The topological polar surface area (TPSA) is 79.2 Å². The lowest BCUT2D eigenvalue weighted by Gasteiger charge is -2.19. The zero-order valence-corrected chi connectivity index (χ0v) is 18.1. The van der Waals surface area contributed by atoms with Crippen LogP contribution in [0.4, 0.5) is 17.5 Å². The normalized spacial score (nSPS) is 14.3. The Hall–Kier alpha value is -3.16. The number of aromatic nitrogens is 4. The van der Waals surface area contributed by atoms with Crippen LogP contribution in [0.1, 0.15) is 49.1 Å². The van der Waals surface area contributed by atoms with Gasteiger partial charge < -0.3 is 19.7 Å². The molecule has 1 aliphatic carbocycles. The quantitative estimate of drug-likeness (QED) is 0.669. The van der Waals surface area contributed by atoms with E-state index in [0.29, 0.717) is 23.5 Å². The molecule has 0 atom stereocenters. The first-order valence-electron chi connectivity index (χ1n) is 10.5. The standard InChI is InChI=1S/C22H29N7O/c1-5-28(4)17-10-11-19(23-14-17)25-22-24-13-15-12-18(21(30)27(2)3)29(20(15)26-22)16-8-6-7-9-16/h10-14,16H,5-9H2,1-4H3,(H,23,24,25,26). The molecule has 8 heteroatoms. The van der Waals surface area contributed by atoms with Crippen molar-refractivity contribution in [3.05, 3.63) is 36.3 Å². The summed E-state index contributed by atoms with van der Waals surface area (Å²) < 4.78 is 2.12. The van der Waals surface area contributed by atoms with Crippen LogP contribution in [-0.2, 0) is 0 Å². The molecular weight excluding hydrogens is 378 g/mol. The van der Waals surface area contributed by atoms with Crippen LogP contribution >= 0.6 is 0 Å². The minimum absolute atomic E-state index is 0.00768. The van der Waals surface area contributed by atoms with Gasteiger partial charge in [-0.1, -0.05) is 12.8 Å². The third-order valence-corrected chi connectivity index (χ3v) is 5.79. The first kappa shape index (κ1) is 20.1. The minimum atomic E-state index is -0.00768. The lowest BCUT2D eigenvalue weighted by molar-refractivity contribution is 0.0815. The van der Waals surface area contributed by atoms with E-state index in [0.717, 1.165) is 36.1 Å². The third-order valence-electron chi connectivity index (χ3n) is 5.79. The van der Waals surface area contributed by atoms with E-state index in [2.05, 4.69) is 31.7 Å². The van der Waals surface area contributed by atoms with Gasteiger partial charge in [0.15, 0.2) is 0 Å². The second-order valence-electron chi connectivity index (χ2n) is 8.05. The van der Waals surface area contributed by atoms with Gasteiger partial charge in [0.2, 0.25) is 5.95 Å². The molecule has 8 nitrogen and oxygen atoms in total. The van der Waals surface area contributed by atoms with Gasteiger partial charge in [0.1, 0.15) is 17.2 Å². The number of nitrogens with zero attached hydrogens (tertiary/aromatic N) is 6. The summed E-state index contributed by atoms with van der Waals surface area (Å²) in [5.74, 6) is 1.16. The maximum Gasteiger partial charge on any atom is 0.270 e. The summed E-state index contributed by atoms with van der Waals surface area (Å²) in [6.45, 7) is 3.02. The number of rotatable bonds is 6. The van der Waals surface area contributed by atoms with Crippen molar-refractivity contribution < 1.29 is 4.79 Å². The molecular formula is C22H29N7O. The SMILES string of the molecule is CCN(C)c1ccc(Nc2ncc3cc(C(=O)N(C)C)n(C4CCCC4)c3n2)nc1. The fourth-order valence-electron chi connectivity index (χ4n) is 3.98. The maximum absolute atomic E-state index is 12.8. The van der Waals surface area contributed by atoms with E-state index in [-0.39, 0.29) is 5.91 Å². The Morgan fingerprint density at radius 1 is 1.17 bits per heavy atom. The second-order valence-corrected chi connectivity index (χ2v) is 8.05. The molecule has 1 fully saturated rings. The Labute approximate surface area is 176 Å².